The monoisotopic (exact) mass is 366 g/mol. The van der Waals surface area contributed by atoms with E-state index in [9.17, 15) is 0 Å². The molecule has 0 bridgehead atoms. The summed E-state index contributed by atoms with van der Waals surface area (Å²) < 4.78 is 2.22. The van der Waals surface area contributed by atoms with E-state index < -0.39 is 0 Å². The van der Waals surface area contributed by atoms with E-state index in [1.165, 1.54) is 36.9 Å². The molecule has 6 nitrogen and oxygen atoms in total. The van der Waals surface area contributed by atoms with Crippen LogP contribution in [0.1, 0.15) is 43.3 Å². The summed E-state index contributed by atoms with van der Waals surface area (Å²) in [5, 5.41) is 8.39. The number of nitrogens with zero attached hydrogens (tertiary/aromatic N) is 5. The number of pyridine rings is 1. The molecule has 0 amide bonds. The average Bonchev–Trinajstić information content (AvgIpc) is 3.41. The number of hydrogen-bond donors (Lipinski definition) is 1. The van der Waals surface area contributed by atoms with Crippen molar-refractivity contribution in [1.82, 2.24) is 25.0 Å². The smallest absolute Gasteiger partial charge is 0.129 e. The Labute approximate surface area is 161 Å². The molecule has 2 aliphatic carbocycles. The van der Waals surface area contributed by atoms with Crippen molar-refractivity contribution in [2.24, 2.45) is 0 Å². The first kappa shape index (κ1) is 17.2. The van der Waals surface area contributed by atoms with Crippen molar-refractivity contribution in [1.29, 1.82) is 0 Å². The zero-order valence-electron chi connectivity index (χ0n) is 16.4. The van der Waals surface area contributed by atoms with Crippen LogP contribution in [-0.4, -0.2) is 66.0 Å². The van der Waals surface area contributed by atoms with Gasteiger partial charge in [-0.1, -0.05) is 6.07 Å². The number of hydrogen-bond acceptors (Lipinski definition) is 5. The number of rotatable bonds is 5. The van der Waals surface area contributed by atoms with Crippen LogP contribution in [0.5, 0.6) is 0 Å². The maximum Gasteiger partial charge on any atom is 0.129 e. The molecule has 0 aromatic carbocycles. The summed E-state index contributed by atoms with van der Waals surface area (Å²) in [5.41, 5.74) is 3.61. The average molecular weight is 367 g/mol. The van der Waals surface area contributed by atoms with Gasteiger partial charge in [0, 0.05) is 49.9 Å². The number of likely N-dealkylation sites (N-methyl/N-ethyl adjacent to an activating group) is 1. The van der Waals surface area contributed by atoms with Gasteiger partial charge in [0.15, 0.2) is 0 Å². The van der Waals surface area contributed by atoms with Crippen molar-refractivity contribution in [3.8, 4) is 11.3 Å². The molecule has 0 unspecified atom stereocenters. The summed E-state index contributed by atoms with van der Waals surface area (Å²) in [6, 6.07) is 7.65. The highest BCUT2D eigenvalue weighted by atomic mass is 15.3. The summed E-state index contributed by atoms with van der Waals surface area (Å²) in [4.78, 5) is 9.84. The van der Waals surface area contributed by atoms with Crippen LogP contribution < -0.4 is 10.2 Å². The first-order valence-corrected chi connectivity index (χ1v) is 10.4. The van der Waals surface area contributed by atoms with Crippen molar-refractivity contribution < 1.29 is 0 Å². The second-order valence-electron chi connectivity index (χ2n) is 8.46. The minimum Gasteiger partial charge on any atom is -0.354 e. The highest BCUT2D eigenvalue weighted by molar-refractivity contribution is 5.65. The summed E-state index contributed by atoms with van der Waals surface area (Å²) in [6.07, 6.45) is 7.16. The number of aromatic nitrogens is 3. The Morgan fingerprint density at radius 2 is 1.85 bits per heavy atom. The largest absolute Gasteiger partial charge is 0.354 e. The van der Waals surface area contributed by atoms with Crippen LogP contribution >= 0.6 is 0 Å². The molecule has 2 aromatic rings. The summed E-state index contributed by atoms with van der Waals surface area (Å²) >= 11 is 0. The van der Waals surface area contributed by atoms with Crippen molar-refractivity contribution in [3.63, 3.8) is 0 Å². The van der Waals surface area contributed by atoms with Gasteiger partial charge in [-0.15, -0.1) is 0 Å². The Morgan fingerprint density at radius 1 is 1.07 bits per heavy atom. The molecule has 0 radical (unpaired) electrons. The number of anilines is 1. The van der Waals surface area contributed by atoms with E-state index >= 15 is 0 Å². The van der Waals surface area contributed by atoms with E-state index in [1.807, 2.05) is 0 Å². The van der Waals surface area contributed by atoms with Gasteiger partial charge in [-0.3, -0.25) is 4.68 Å². The molecule has 3 aliphatic rings. The predicted octanol–water partition coefficient (Wildman–Crippen LogP) is 2.50. The zero-order valence-corrected chi connectivity index (χ0v) is 16.4. The van der Waals surface area contributed by atoms with Crippen LogP contribution in [0.25, 0.3) is 11.3 Å². The Hall–Kier alpha value is -1.92. The lowest BCUT2D eigenvalue weighted by Gasteiger charge is -2.35. The fraction of sp³-hybridized carbons (Fsp3) is 0.619. The van der Waals surface area contributed by atoms with Crippen molar-refractivity contribution in [2.75, 3.05) is 45.2 Å². The van der Waals surface area contributed by atoms with Crippen LogP contribution in [0, 0.1) is 0 Å². The third-order valence-corrected chi connectivity index (χ3v) is 6.46. The van der Waals surface area contributed by atoms with Gasteiger partial charge in [-0.05, 0) is 51.9 Å². The lowest BCUT2D eigenvalue weighted by Crippen LogP contribution is -2.44. The zero-order chi connectivity index (χ0) is 18.4. The Morgan fingerprint density at radius 3 is 2.56 bits per heavy atom. The first-order valence-electron chi connectivity index (χ1n) is 10.4. The van der Waals surface area contributed by atoms with Crippen LogP contribution in [0.3, 0.4) is 0 Å². The molecule has 6 heteroatoms. The van der Waals surface area contributed by atoms with Gasteiger partial charge in [0.1, 0.15) is 5.82 Å². The maximum absolute atomic E-state index is 5.05. The molecule has 5 rings (SSSR count). The molecule has 0 atom stereocenters. The predicted molar refractivity (Wildman–Crippen MR) is 108 cm³/mol. The van der Waals surface area contributed by atoms with Crippen molar-refractivity contribution >= 4 is 5.82 Å². The molecule has 144 valence electrons. The number of piperazine rings is 1. The van der Waals surface area contributed by atoms with Crippen LogP contribution in [0.15, 0.2) is 24.4 Å². The maximum atomic E-state index is 5.05. The third kappa shape index (κ3) is 3.36. The Balaban J connectivity index is 1.42. The Bertz CT molecular complexity index is 797. The van der Waals surface area contributed by atoms with Gasteiger partial charge in [-0.25, -0.2) is 4.98 Å². The van der Waals surface area contributed by atoms with E-state index in [0.717, 1.165) is 37.7 Å². The molecular formula is C21H30N6. The second-order valence-corrected chi connectivity index (χ2v) is 8.46. The minimum absolute atomic E-state index is 0.537. The molecule has 2 saturated carbocycles. The normalized spacial score (nSPS) is 26.2. The van der Waals surface area contributed by atoms with Gasteiger partial charge >= 0.3 is 0 Å². The topological polar surface area (TPSA) is 49.2 Å². The molecular weight excluding hydrogens is 336 g/mol. The minimum atomic E-state index is 0.537. The fourth-order valence-electron chi connectivity index (χ4n) is 4.27. The van der Waals surface area contributed by atoms with Crippen molar-refractivity contribution in [3.05, 3.63) is 30.1 Å². The highest BCUT2D eigenvalue weighted by Crippen LogP contribution is 2.44. The van der Waals surface area contributed by atoms with E-state index in [1.54, 1.807) is 0 Å². The molecule has 0 spiro atoms. The van der Waals surface area contributed by atoms with Gasteiger partial charge in [-0.2, -0.15) is 5.10 Å². The summed E-state index contributed by atoms with van der Waals surface area (Å²) in [7, 11) is 4.25. The van der Waals surface area contributed by atoms with Gasteiger partial charge in [0.2, 0.25) is 0 Å². The van der Waals surface area contributed by atoms with Gasteiger partial charge < -0.3 is 15.1 Å². The first-order chi connectivity index (χ1) is 13.2. The van der Waals surface area contributed by atoms with Gasteiger partial charge in [0.05, 0.1) is 17.4 Å². The van der Waals surface area contributed by atoms with E-state index in [0.29, 0.717) is 18.0 Å². The fourth-order valence-corrected chi connectivity index (χ4v) is 4.27. The summed E-state index contributed by atoms with van der Waals surface area (Å²) in [6.45, 7) is 4.31. The molecule has 3 fully saturated rings. The van der Waals surface area contributed by atoms with Gasteiger partial charge in [0.25, 0.3) is 0 Å². The van der Waals surface area contributed by atoms with Crippen LogP contribution in [-0.2, 0) is 0 Å². The van der Waals surface area contributed by atoms with E-state index in [4.69, 9.17) is 10.1 Å². The lowest BCUT2D eigenvalue weighted by atomic mass is 9.87. The van der Waals surface area contributed by atoms with Crippen LogP contribution in [0.4, 0.5) is 5.82 Å². The molecule has 27 heavy (non-hydrogen) atoms. The summed E-state index contributed by atoms with van der Waals surface area (Å²) in [5.74, 6) is 1.74. The quantitative estimate of drug-likeness (QED) is 0.881. The van der Waals surface area contributed by atoms with Crippen LogP contribution in [0.2, 0.25) is 0 Å². The molecule has 3 heterocycles. The molecule has 1 N–H and O–H groups in total. The second kappa shape index (κ2) is 6.91. The van der Waals surface area contributed by atoms with E-state index in [2.05, 4.69) is 58.3 Å². The lowest BCUT2D eigenvalue weighted by molar-refractivity contribution is 0.219. The number of nitrogens with one attached hydrogen (secondary N) is 1. The van der Waals surface area contributed by atoms with E-state index in [-0.39, 0.29) is 0 Å². The SMILES string of the molecule is CN[C@H]1C[C@@H](n2cc(-c3cccc(N4CCN(C)CC4)n3)c(C3CC3)n2)C1. The standard InChI is InChI=1S/C21H30N6/c1-22-16-12-17(13-16)27-14-18(21(24-27)15-6-7-15)19-4-3-5-20(23-19)26-10-8-25(2)9-11-26/h3-5,14-17,22H,6-13H2,1-2H3/t16-,17+. The van der Waals surface area contributed by atoms with Crippen molar-refractivity contribution in [2.45, 2.75) is 43.7 Å². The molecule has 1 saturated heterocycles. The highest BCUT2D eigenvalue weighted by Gasteiger charge is 2.34. The third-order valence-electron chi connectivity index (χ3n) is 6.46. The molecule has 2 aromatic heterocycles. The Kier molecular flexibility index (Phi) is 4.40. The molecule has 1 aliphatic heterocycles.